The van der Waals surface area contributed by atoms with Crippen LogP contribution in [0.2, 0.25) is 0 Å². The number of hydrogen-bond donors (Lipinski definition) is 3. The molecule has 1 aliphatic rings. The molecule has 0 bridgehead atoms. The lowest BCUT2D eigenvalue weighted by Gasteiger charge is -2.47. The Morgan fingerprint density at radius 1 is 1.00 bits per heavy atom. The highest BCUT2D eigenvalue weighted by Crippen LogP contribution is 2.38. The smallest absolute Gasteiger partial charge is 0.324 e. The zero-order chi connectivity index (χ0) is 27.1. The van der Waals surface area contributed by atoms with Crippen LogP contribution in [0, 0.1) is 11.3 Å². The second-order valence-electron chi connectivity index (χ2n) is 9.79. The average molecular weight is 521 g/mol. The minimum absolute atomic E-state index is 0.188. The molecule has 2 heterocycles. The molecule has 9 nitrogen and oxygen atoms in total. The minimum atomic E-state index is -0.684. The number of nitrogens with one attached hydrogen (secondary N) is 3. The van der Waals surface area contributed by atoms with Gasteiger partial charge in [0.1, 0.15) is 17.5 Å². The molecule has 0 unspecified atom stereocenters. The Bertz CT molecular complexity index is 1420. The molecule has 5 rings (SSSR count). The van der Waals surface area contributed by atoms with Gasteiger partial charge in [0.2, 0.25) is 0 Å². The van der Waals surface area contributed by atoms with Crippen molar-refractivity contribution in [1.82, 2.24) is 20.1 Å². The summed E-state index contributed by atoms with van der Waals surface area (Å²) < 4.78 is 1.74. The third-order valence-corrected chi connectivity index (χ3v) is 6.96. The Kier molecular flexibility index (Phi) is 7.73. The standard InChI is InChI=1S/C30H32N8O/c1-37-19-16-28(36-37)34-25-11-13-26(14-12-25)38(29(39)33-21-23-8-4-2-5-9-23)30(17-6-3-7-18-30)35-27-15-10-24(20-31)22-32-27/h2,4-5,8-16,19,22H,3,6-7,17-18,21H2,1H3,(H,32,35)(H,33,39)(H,34,36). The average Bonchev–Trinajstić information content (AvgIpc) is 3.38. The molecule has 0 radical (unpaired) electrons. The molecule has 198 valence electrons. The summed E-state index contributed by atoms with van der Waals surface area (Å²) in [5.74, 6) is 1.38. The van der Waals surface area contributed by atoms with Crippen LogP contribution in [-0.2, 0) is 13.6 Å². The van der Waals surface area contributed by atoms with E-state index in [9.17, 15) is 10.1 Å². The topological polar surface area (TPSA) is 111 Å². The lowest BCUT2D eigenvalue weighted by molar-refractivity contribution is 0.230. The largest absolute Gasteiger partial charge is 0.347 e. The molecule has 0 atom stereocenters. The van der Waals surface area contributed by atoms with Gasteiger partial charge in [-0.3, -0.25) is 9.58 Å². The molecule has 0 saturated heterocycles. The molecule has 2 aromatic heterocycles. The maximum atomic E-state index is 14.0. The summed E-state index contributed by atoms with van der Waals surface area (Å²) in [7, 11) is 1.87. The lowest BCUT2D eigenvalue weighted by Crippen LogP contribution is -2.61. The van der Waals surface area contributed by atoms with Gasteiger partial charge in [0, 0.05) is 43.4 Å². The van der Waals surface area contributed by atoms with Crippen molar-refractivity contribution in [3.05, 3.63) is 96.3 Å². The van der Waals surface area contributed by atoms with E-state index in [1.54, 1.807) is 23.0 Å². The highest BCUT2D eigenvalue weighted by atomic mass is 16.2. The summed E-state index contributed by atoms with van der Waals surface area (Å²) in [4.78, 5) is 20.3. The molecule has 0 spiro atoms. The summed E-state index contributed by atoms with van der Waals surface area (Å²) in [5.41, 5.74) is 2.49. The molecule has 9 heteroatoms. The summed E-state index contributed by atoms with van der Waals surface area (Å²) in [6.07, 6.45) is 8.03. The number of amides is 2. The van der Waals surface area contributed by atoms with Crippen LogP contribution < -0.4 is 20.9 Å². The minimum Gasteiger partial charge on any atom is -0.347 e. The molecule has 3 N–H and O–H groups in total. The Hall–Kier alpha value is -4.84. The third kappa shape index (κ3) is 6.18. The van der Waals surface area contributed by atoms with Gasteiger partial charge in [0.25, 0.3) is 0 Å². The summed E-state index contributed by atoms with van der Waals surface area (Å²) in [6, 6.07) is 25.1. The zero-order valence-corrected chi connectivity index (χ0v) is 22.0. The monoisotopic (exact) mass is 520 g/mol. The van der Waals surface area contributed by atoms with Crippen LogP contribution in [0.25, 0.3) is 0 Å². The van der Waals surface area contributed by atoms with Crippen LogP contribution in [-0.4, -0.2) is 26.5 Å². The fraction of sp³-hybridized carbons (Fsp3) is 0.267. The van der Waals surface area contributed by atoms with Crippen LogP contribution in [0.15, 0.2) is 85.2 Å². The number of aromatic nitrogens is 3. The molecule has 4 aromatic rings. The van der Waals surface area contributed by atoms with E-state index in [-0.39, 0.29) is 6.03 Å². The lowest BCUT2D eigenvalue weighted by atomic mass is 9.87. The van der Waals surface area contributed by atoms with Gasteiger partial charge in [-0.1, -0.05) is 36.8 Å². The van der Waals surface area contributed by atoms with Gasteiger partial charge in [-0.2, -0.15) is 10.4 Å². The van der Waals surface area contributed by atoms with E-state index in [0.717, 1.165) is 54.9 Å². The second-order valence-corrected chi connectivity index (χ2v) is 9.79. The van der Waals surface area contributed by atoms with Crippen LogP contribution in [0.5, 0.6) is 0 Å². The maximum absolute atomic E-state index is 14.0. The number of rotatable bonds is 8. The second kappa shape index (κ2) is 11.7. The predicted octanol–water partition coefficient (Wildman–Crippen LogP) is 5.92. The van der Waals surface area contributed by atoms with E-state index in [0.29, 0.717) is 17.9 Å². The van der Waals surface area contributed by atoms with E-state index < -0.39 is 5.66 Å². The van der Waals surface area contributed by atoms with Gasteiger partial charge in [-0.05, 0) is 67.6 Å². The first kappa shape index (κ1) is 25.8. The number of carbonyl (C=O) groups excluding carboxylic acids is 1. The van der Waals surface area contributed by atoms with Gasteiger partial charge in [0.05, 0.1) is 5.56 Å². The van der Waals surface area contributed by atoms with E-state index in [1.807, 2.05) is 78.8 Å². The number of nitrogens with zero attached hydrogens (tertiary/aromatic N) is 5. The predicted molar refractivity (Wildman–Crippen MR) is 152 cm³/mol. The van der Waals surface area contributed by atoms with Crippen molar-refractivity contribution in [3.63, 3.8) is 0 Å². The summed E-state index contributed by atoms with van der Waals surface area (Å²) in [5, 5.41) is 23.6. The van der Waals surface area contributed by atoms with Crippen molar-refractivity contribution < 1.29 is 4.79 Å². The Morgan fingerprint density at radius 2 is 1.77 bits per heavy atom. The van der Waals surface area contributed by atoms with Crippen molar-refractivity contribution in [2.24, 2.45) is 7.05 Å². The molecular weight excluding hydrogens is 488 g/mol. The van der Waals surface area contributed by atoms with Crippen LogP contribution in [0.1, 0.15) is 43.2 Å². The first-order valence-electron chi connectivity index (χ1n) is 13.2. The fourth-order valence-electron chi connectivity index (χ4n) is 5.05. The molecule has 39 heavy (non-hydrogen) atoms. The molecule has 0 aliphatic heterocycles. The van der Waals surface area contributed by atoms with Crippen molar-refractivity contribution in [1.29, 1.82) is 5.26 Å². The van der Waals surface area contributed by atoms with Crippen LogP contribution in [0.3, 0.4) is 0 Å². The zero-order valence-electron chi connectivity index (χ0n) is 22.0. The number of urea groups is 1. The molecule has 2 amide bonds. The van der Waals surface area contributed by atoms with Gasteiger partial charge in [0.15, 0.2) is 5.82 Å². The molecule has 2 aromatic carbocycles. The molecule has 1 aliphatic carbocycles. The van der Waals surface area contributed by atoms with Crippen molar-refractivity contribution in [2.75, 3.05) is 15.5 Å². The Balaban J connectivity index is 1.47. The van der Waals surface area contributed by atoms with Gasteiger partial charge < -0.3 is 16.0 Å². The number of benzene rings is 2. The SMILES string of the molecule is Cn1ccc(Nc2ccc(N(C(=O)NCc3ccccc3)C3(Nc4ccc(C#N)cn4)CCCCC3)cc2)n1. The Labute approximate surface area is 228 Å². The van der Waals surface area contributed by atoms with Crippen molar-refractivity contribution in [3.8, 4) is 6.07 Å². The van der Waals surface area contributed by atoms with Crippen LogP contribution >= 0.6 is 0 Å². The summed E-state index contributed by atoms with van der Waals surface area (Å²) >= 11 is 0. The maximum Gasteiger partial charge on any atom is 0.324 e. The highest BCUT2D eigenvalue weighted by molar-refractivity contribution is 5.94. The fourth-order valence-corrected chi connectivity index (χ4v) is 5.05. The van der Waals surface area contributed by atoms with E-state index in [1.165, 1.54) is 0 Å². The Morgan fingerprint density at radius 3 is 2.41 bits per heavy atom. The van der Waals surface area contributed by atoms with Crippen molar-refractivity contribution >= 4 is 29.0 Å². The molecule has 1 saturated carbocycles. The van der Waals surface area contributed by atoms with E-state index in [4.69, 9.17) is 0 Å². The number of nitriles is 1. The first-order chi connectivity index (χ1) is 19.0. The molecule has 1 fully saturated rings. The quantitative estimate of drug-likeness (QED) is 0.249. The number of pyridine rings is 1. The van der Waals surface area contributed by atoms with Gasteiger partial charge in [-0.25, -0.2) is 9.78 Å². The number of hydrogen-bond acceptors (Lipinski definition) is 6. The van der Waals surface area contributed by atoms with Gasteiger partial charge >= 0.3 is 6.03 Å². The normalized spacial score (nSPS) is 14.2. The number of anilines is 4. The van der Waals surface area contributed by atoms with E-state index in [2.05, 4.69) is 32.1 Å². The number of aryl methyl sites for hydroxylation is 1. The van der Waals surface area contributed by atoms with Gasteiger partial charge in [-0.15, -0.1) is 0 Å². The third-order valence-electron chi connectivity index (χ3n) is 6.96. The van der Waals surface area contributed by atoms with Crippen LogP contribution in [0.4, 0.5) is 27.8 Å². The molecular formula is C30H32N8O. The highest BCUT2D eigenvalue weighted by Gasteiger charge is 2.42. The summed E-state index contributed by atoms with van der Waals surface area (Å²) in [6.45, 7) is 0.417. The number of carbonyl (C=O) groups is 1. The first-order valence-corrected chi connectivity index (χ1v) is 13.2. The van der Waals surface area contributed by atoms with Crippen molar-refractivity contribution in [2.45, 2.75) is 44.3 Å². The van der Waals surface area contributed by atoms with E-state index >= 15 is 0 Å².